The lowest BCUT2D eigenvalue weighted by Crippen LogP contribution is -2.31. The summed E-state index contributed by atoms with van der Waals surface area (Å²) < 4.78 is 0. The molecule has 11 heteroatoms. The summed E-state index contributed by atoms with van der Waals surface area (Å²) in [5.74, 6) is -1.94. The van der Waals surface area contributed by atoms with Crippen LogP contribution < -0.4 is 22.1 Å². The van der Waals surface area contributed by atoms with E-state index in [0.717, 1.165) is 11.3 Å². The van der Waals surface area contributed by atoms with E-state index in [1.54, 1.807) is 0 Å². The van der Waals surface area contributed by atoms with Gasteiger partial charge in [0.05, 0.1) is 6.42 Å². The van der Waals surface area contributed by atoms with Gasteiger partial charge in [0, 0.05) is 24.9 Å². The number of guanidine groups is 1. The number of carboxylic acid groups (broad SMARTS) is 1. The van der Waals surface area contributed by atoms with Gasteiger partial charge in [-0.1, -0.05) is 0 Å². The fraction of sp³-hybridized carbons (Fsp3) is 0.364. The quantitative estimate of drug-likeness (QED) is 0.293. The lowest BCUT2D eigenvalue weighted by molar-refractivity contribution is -0.136. The number of rotatable bonds is 8. The summed E-state index contributed by atoms with van der Waals surface area (Å²) in [7, 11) is 0. The Morgan fingerprint density at radius 3 is 2.55 bits per heavy atom. The summed E-state index contributed by atoms with van der Waals surface area (Å²) >= 11 is 1.11. The number of amides is 2. The second-order valence-electron chi connectivity index (χ2n) is 4.05. The number of nitrogens with two attached hydrogens (primary N) is 2. The van der Waals surface area contributed by atoms with E-state index in [1.807, 2.05) is 0 Å². The maximum Gasteiger partial charge on any atom is 0.305 e. The monoisotopic (exact) mass is 328 g/mol. The first-order valence-electron chi connectivity index (χ1n) is 6.20. The van der Waals surface area contributed by atoms with Crippen LogP contribution in [0.5, 0.6) is 0 Å². The Bertz CT molecular complexity index is 581. The highest BCUT2D eigenvalue weighted by Gasteiger charge is 2.11. The van der Waals surface area contributed by atoms with Crippen LogP contribution in [-0.4, -0.2) is 46.9 Å². The summed E-state index contributed by atoms with van der Waals surface area (Å²) in [6.07, 6.45) is -0.110. The normalized spacial score (nSPS) is 9.82. The van der Waals surface area contributed by atoms with Gasteiger partial charge in [0.15, 0.2) is 5.96 Å². The maximum absolute atomic E-state index is 11.7. The molecule has 1 aromatic heterocycles. The van der Waals surface area contributed by atoms with Crippen LogP contribution in [0.4, 0.5) is 5.13 Å². The van der Waals surface area contributed by atoms with E-state index in [2.05, 4.69) is 20.6 Å². The third-order valence-electron chi connectivity index (χ3n) is 2.25. The molecule has 0 fully saturated rings. The lowest BCUT2D eigenvalue weighted by Gasteiger charge is -2.04. The average Bonchev–Trinajstić information content (AvgIpc) is 2.85. The van der Waals surface area contributed by atoms with Crippen molar-refractivity contribution in [2.24, 2.45) is 16.5 Å². The van der Waals surface area contributed by atoms with Gasteiger partial charge >= 0.3 is 5.97 Å². The van der Waals surface area contributed by atoms with Gasteiger partial charge in [-0.3, -0.25) is 14.4 Å². The van der Waals surface area contributed by atoms with Gasteiger partial charge in [-0.05, 0) is 0 Å². The topological polar surface area (TPSA) is 173 Å². The minimum absolute atomic E-state index is 0.0380. The van der Waals surface area contributed by atoms with Gasteiger partial charge in [0.25, 0.3) is 5.91 Å². The molecule has 1 aromatic rings. The number of nitrogens with zero attached hydrogens (tertiary/aromatic N) is 2. The molecule has 0 spiro atoms. The van der Waals surface area contributed by atoms with Crippen LogP contribution in [0.25, 0.3) is 0 Å². The predicted octanol–water partition coefficient (Wildman–Crippen LogP) is -1.24. The van der Waals surface area contributed by atoms with Crippen molar-refractivity contribution >= 4 is 40.2 Å². The number of carbonyl (C=O) groups excluding carboxylic acids is 2. The zero-order chi connectivity index (χ0) is 16.5. The second kappa shape index (κ2) is 8.56. The van der Waals surface area contributed by atoms with Crippen molar-refractivity contribution in [1.82, 2.24) is 15.6 Å². The number of carbonyl (C=O) groups is 3. The molecule has 0 aromatic carbocycles. The van der Waals surface area contributed by atoms with Crippen LogP contribution in [0.15, 0.2) is 10.4 Å². The van der Waals surface area contributed by atoms with Gasteiger partial charge in [-0.2, -0.15) is 4.99 Å². The number of nitrogens with one attached hydrogen (secondary N) is 2. The SMILES string of the molecule is NC(N)=Nc1nc(C(=O)NCCC(=O)NCCC(=O)O)cs1. The molecule has 0 aliphatic heterocycles. The highest BCUT2D eigenvalue weighted by atomic mass is 32.1. The minimum atomic E-state index is -0.992. The van der Waals surface area contributed by atoms with Gasteiger partial charge in [0.1, 0.15) is 5.69 Å². The Morgan fingerprint density at radius 2 is 1.91 bits per heavy atom. The van der Waals surface area contributed by atoms with Crippen LogP contribution >= 0.6 is 11.3 Å². The van der Waals surface area contributed by atoms with Gasteiger partial charge in [-0.25, -0.2) is 4.98 Å². The predicted molar refractivity (Wildman–Crippen MR) is 79.8 cm³/mol. The molecule has 0 aliphatic carbocycles. The number of carboxylic acids is 1. The fourth-order valence-corrected chi connectivity index (χ4v) is 1.99. The molecular formula is C11H16N6O4S. The zero-order valence-electron chi connectivity index (χ0n) is 11.5. The summed E-state index contributed by atoms with van der Waals surface area (Å²) in [5, 5.41) is 15.1. The lowest BCUT2D eigenvalue weighted by atomic mass is 10.3. The first-order valence-corrected chi connectivity index (χ1v) is 7.08. The number of aliphatic imine (C=N–C) groups is 1. The van der Waals surface area contributed by atoms with Gasteiger partial charge in [-0.15, -0.1) is 11.3 Å². The molecule has 120 valence electrons. The molecule has 0 radical (unpaired) electrons. The van der Waals surface area contributed by atoms with Crippen LogP contribution in [0, 0.1) is 0 Å². The minimum Gasteiger partial charge on any atom is -0.481 e. The van der Waals surface area contributed by atoms with Crippen molar-refractivity contribution < 1.29 is 19.5 Å². The summed E-state index contributed by atoms with van der Waals surface area (Å²) in [6, 6.07) is 0. The van der Waals surface area contributed by atoms with E-state index in [1.165, 1.54) is 5.38 Å². The molecule has 2 amide bonds. The van der Waals surface area contributed by atoms with Gasteiger partial charge < -0.3 is 27.2 Å². The van der Waals surface area contributed by atoms with Crippen molar-refractivity contribution in [2.75, 3.05) is 13.1 Å². The number of hydrogen-bond donors (Lipinski definition) is 5. The molecule has 1 rings (SSSR count). The number of aromatic nitrogens is 1. The molecule has 0 atom stereocenters. The Balaban J connectivity index is 2.31. The molecule has 10 nitrogen and oxygen atoms in total. The highest BCUT2D eigenvalue weighted by Crippen LogP contribution is 2.18. The van der Waals surface area contributed by atoms with Crippen LogP contribution in [0.2, 0.25) is 0 Å². The standard InChI is InChI=1S/C11H16N6O4S/c12-10(13)17-11-16-6(5-22-11)9(21)15-3-1-7(18)14-4-2-8(19)20/h5H,1-4H2,(H,14,18)(H,15,21)(H,19,20)(H4,12,13,16,17). The van der Waals surface area contributed by atoms with Crippen molar-refractivity contribution in [3.05, 3.63) is 11.1 Å². The second-order valence-corrected chi connectivity index (χ2v) is 4.89. The number of aliphatic carboxylic acids is 1. The molecular weight excluding hydrogens is 312 g/mol. The van der Waals surface area contributed by atoms with Crippen LogP contribution in [-0.2, 0) is 9.59 Å². The van der Waals surface area contributed by atoms with Crippen molar-refractivity contribution in [3.63, 3.8) is 0 Å². The molecule has 0 bridgehead atoms. The van der Waals surface area contributed by atoms with E-state index in [-0.39, 0.29) is 48.6 Å². The third kappa shape index (κ3) is 6.65. The Morgan fingerprint density at radius 1 is 1.23 bits per heavy atom. The van der Waals surface area contributed by atoms with E-state index in [9.17, 15) is 14.4 Å². The first-order chi connectivity index (χ1) is 10.4. The third-order valence-corrected chi connectivity index (χ3v) is 2.98. The van der Waals surface area contributed by atoms with Crippen LogP contribution in [0.1, 0.15) is 23.3 Å². The van der Waals surface area contributed by atoms with Crippen molar-refractivity contribution in [3.8, 4) is 0 Å². The van der Waals surface area contributed by atoms with Crippen molar-refractivity contribution in [2.45, 2.75) is 12.8 Å². The maximum atomic E-state index is 11.7. The molecule has 1 heterocycles. The summed E-state index contributed by atoms with van der Waals surface area (Å²) in [4.78, 5) is 41.0. The zero-order valence-corrected chi connectivity index (χ0v) is 12.4. The molecule has 0 unspecified atom stereocenters. The van der Waals surface area contributed by atoms with E-state index < -0.39 is 11.9 Å². The molecule has 22 heavy (non-hydrogen) atoms. The van der Waals surface area contributed by atoms with E-state index in [4.69, 9.17) is 16.6 Å². The van der Waals surface area contributed by atoms with Crippen molar-refractivity contribution in [1.29, 1.82) is 0 Å². The van der Waals surface area contributed by atoms with Gasteiger partial charge in [0.2, 0.25) is 11.0 Å². The first kappa shape index (κ1) is 17.4. The molecule has 0 aliphatic rings. The Labute approximate surface area is 129 Å². The molecule has 7 N–H and O–H groups in total. The highest BCUT2D eigenvalue weighted by molar-refractivity contribution is 7.13. The fourth-order valence-electron chi connectivity index (χ4n) is 1.31. The summed E-state index contributed by atoms with van der Waals surface area (Å²) in [6.45, 7) is 0.156. The van der Waals surface area contributed by atoms with E-state index >= 15 is 0 Å². The Hall–Kier alpha value is -2.69. The van der Waals surface area contributed by atoms with E-state index in [0.29, 0.717) is 0 Å². The number of thiazole rings is 1. The molecule has 0 saturated heterocycles. The Kier molecular flexibility index (Phi) is 6.76. The largest absolute Gasteiger partial charge is 0.481 e. The molecule has 0 saturated carbocycles. The smallest absolute Gasteiger partial charge is 0.305 e. The van der Waals surface area contributed by atoms with Crippen LogP contribution in [0.3, 0.4) is 0 Å². The number of hydrogen-bond acceptors (Lipinski definition) is 6. The average molecular weight is 328 g/mol. The summed E-state index contributed by atoms with van der Waals surface area (Å²) in [5.41, 5.74) is 10.5.